The molecule has 0 aliphatic heterocycles. The van der Waals surface area contributed by atoms with E-state index in [2.05, 4.69) is 15.9 Å². The molecule has 0 aromatic heterocycles. The van der Waals surface area contributed by atoms with Crippen molar-refractivity contribution in [2.75, 3.05) is 7.11 Å². The van der Waals surface area contributed by atoms with Gasteiger partial charge in [0, 0.05) is 21.1 Å². The Balaban J connectivity index is 1.98. The number of halogens is 2. The van der Waals surface area contributed by atoms with E-state index in [4.69, 9.17) is 21.1 Å². The van der Waals surface area contributed by atoms with Crippen LogP contribution in [0.5, 0.6) is 5.75 Å². The number of hydrogen-bond donors (Lipinski definition) is 0. The molecule has 114 valence electrons. The monoisotopic (exact) mass is 380 g/mol. The number of carbonyl (C=O) groups excluding carboxylic acids is 1. The zero-order valence-electron chi connectivity index (χ0n) is 11.9. The van der Waals surface area contributed by atoms with E-state index in [1.54, 1.807) is 25.3 Å². The van der Waals surface area contributed by atoms with Gasteiger partial charge in [0.05, 0.1) is 7.11 Å². The minimum Gasteiger partial charge on any atom is -0.496 e. The molecule has 2 aromatic rings. The van der Waals surface area contributed by atoms with Crippen molar-refractivity contribution in [3.8, 4) is 5.75 Å². The zero-order valence-corrected chi connectivity index (χ0v) is 14.2. The Kier molecular flexibility index (Phi) is 6.04. The number of esters is 1. The molecule has 5 heteroatoms. The first kappa shape index (κ1) is 16.6. The first-order valence-electron chi connectivity index (χ1n) is 6.51. The molecular weight excluding hydrogens is 368 g/mol. The van der Waals surface area contributed by atoms with Crippen molar-refractivity contribution in [3.05, 3.63) is 69.2 Å². The first-order valence-corrected chi connectivity index (χ1v) is 7.68. The van der Waals surface area contributed by atoms with Gasteiger partial charge in [0.2, 0.25) is 0 Å². The van der Waals surface area contributed by atoms with Gasteiger partial charge in [-0.05, 0) is 42.0 Å². The van der Waals surface area contributed by atoms with E-state index in [9.17, 15) is 4.79 Å². The van der Waals surface area contributed by atoms with Crippen molar-refractivity contribution < 1.29 is 14.3 Å². The Morgan fingerprint density at radius 1 is 1.27 bits per heavy atom. The molecule has 0 radical (unpaired) electrons. The molecule has 0 spiro atoms. The van der Waals surface area contributed by atoms with Gasteiger partial charge < -0.3 is 9.47 Å². The van der Waals surface area contributed by atoms with Crippen molar-refractivity contribution in [3.63, 3.8) is 0 Å². The van der Waals surface area contributed by atoms with Crippen molar-refractivity contribution in [2.24, 2.45) is 0 Å². The van der Waals surface area contributed by atoms with Crippen LogP contribution in [0.1, 0.15) is 11.1 Å². The summed E-state index contributed by atoms with van der Waals surface area (Å²) in [6.07, 6.45) is 3.03. The molecule has 0 saturated carbocycles. The van der Waals surface area contributed by atoms with Gasteiger partial charge >= 0.3 is 5.97 Å². The fraction of sp³-hybridized carbons (Fsp3) is 0.118. The standard InChI is InChI=1S/C17H14BrClO3/c1-21-16-7-6-14(18)10-13(16)5-8-17(20)22-11-12-3-2-4-15(19)9-12/h2-10H,11H2,1H3/b8-5+. The second kappa shape index (κ2) is 8.01. The lowest BCUT2D eigenvalue weighted by Crippen LogP contribution is -2.00. The molecule has 2 aromatic carbocycles. The van der Waals surface area contributed by atoms with Crippen LogP contribution in [-0.2, 0) is 16.1 Å². The normalized spacial score (nSPS) is 10.7. The fourth-order valence-corrected chi connectivity index (χ4v) is 2.41. The molecule has 0 bridgehead atoms. The maximum atomic E-state index is 11.8. The number of carbonyl (C=O) groups is 1. The van der Waals surface area contributed by atoms with Crippen molar-refractivity contribution in [1.29, 1.82) is 0 Å². The van der Waals surface area contributed by atoms with E-state index < -0.39 is 5.97 Å². The molecule has 0 atom stereocenters. The first-order chi connectivity index (χ1) is 10.6. The average Bonchev–Trinajstić information content (AvgIpc) is 2.51. The molecular formula is C17H14BrClO3. The summed E-state index contributed by atoms with van der Waals surface area (Å²) in [5.74, 6) is 0.254. The minimum atomic E-state index is -0.429. The van der Waals surface area contributed by atoms with Gasteiger partial charge in [-0.1, -0.05) is 39.7 Å². The van der Waals surface area contributed by atoms with Crippen LogP contribution in [0.4, 0.5) is 0 Å². The topological polar surface area (TPSA) is 35.5 Å². The highest BCUT2D eigenvalue weighted by atomic mass is 79.9. The van der Waals surface area contributed by atoms with Crippen LogP contribution >= 0.6 is 27.5 Å². The lowest BCUT2D eigenvalue weighted by atomic mass is 10.2. The van der Waals surface area contributed by atoms with Crippen LogP contribution in [0.15, 0.2) is 53.0 Å². The van der Waals surface area contributed by atoms with E-state index in [-0.39, 0.29) is 6.61 Å². The van der Waals surface area contributed by atoms with Crippen LogP contribution in [0.25, 0.3) is 6.08 Å². The maximum Gasteiger partial charge on any atom is 0.331 e. The van der Waals surface area contributed by atoms with E-state index in [0.717, 1.165) is 15.6 Å². The quantitative estimate of drug-likeness (QED) is 0.547. The highest BCUT2D eigenvalue weighted by Crippen LogP contribution is 2.24. The molecule has 2 rings (SSSR count). The third-order valence-electron chi connectivity index (χ3n) is 2.86. The lowest BCUT2D eigenvalue weighted by molar-refractivity contribution is -0.138. The molecule has 0 unspecified atom stereocenters. The molecule has 3 nitrogen and oxygen atoms in total. The van der Waals surface area contributed by atoms with Gasteiger partial charge in [-0.15, -0.1) is 0 Å². The molecule has 0 amide bonds. The van der Waals surface area contributed by atoms with Crippen LogP contribution < -0.4 is 4.74 Å². The molecule has 0 aliphatic rings. The van der Waals surface area contributed by atoms with E-state index >= 15 is 0 Å². The van der Waals surface area contributed by atoms with Gasteiger partial charge in [-0.3, -0.25) is 0 Å². The summed E-state index contributed by atoms with van der Waals surface area (Å²) in [4.78, 5) is 11.8. The Hall–Kier alpha value is -1.78. The number of benzene rings is 2. The summed E-state index contributed by atoms with van der Waals surface area (Å²) >= 11 is 9.26. The van der Waals surface area contributed by atoms with Gasteiger partial charge in [-0.25, -0.2) is 4.79 Å². The molecule has 0 fully saturated rings. The summed E-state index contributed by atoms with van der Waals surface area (Å²) in [6, 6.07) is 12.7. The average molecular weight is 382 g/mol. The van der Waals surface area contributed by atoms with E-state index in [0.29, 0.717) is 10.8 Å². The molecule has 22 heavy (non-hydrogen) atoms. The zero-order chi connectivity index (χ0) is 15.9. The van der Waals surface area contributed by atoms with Crippen LogP contribution in [-0.4, -0.2) is 13.1 Å². The SMILES string of the molecule is COc1ccc(Br)cc1/C=C/C(=O)OCc1cccc(Cl)c1. The number of ether oxygens (including phenoxy) is 2. The predicted octanol–water partition coefficient (Wildman–Crippen LogP) is 4.87. The summed E-state index contributed by atoms with van der Waals surface area (Å²) in [5.41, 5.74) is 1.63. The maximum absolute atomic E-state index is 11.8. The second-order valence-electron chi connectivity index (χ2n) is 4.46. The smallest absolute Gasteiger partial charge is 0.331 e. The van der Waals surface area contributed by atoms with Gasteiger partial charge in [0.15, 0.2) is 0 Å². The second-order valence-corrected chi connectivity index (χ2v) is 5.81. The van der Waals surface area contributed by atoms with Crippen LogP contribution in [0.3, 0.4) is 0 Å². The van der Waals surface area contributed by atoms with Gasteiger partial charge in [0.25, 0.3) is 0 Å². The number of methoxy groups -OCH3 is 1. The minimum absolute atomic E-state index is 0.180. The lowest BCUT2D eigenvalue weighted by Gasteiger charge is -2.05. The van der Waals surface area contributed by atoms with Crippen LogP contribution in [0.2, 0.25) is 5.02 Å². The Morgan fingerprint density at radius 2 is 2.09 bits per heavy atom. The highest BCUT2D eigenvalue weighted by Gasteiger charge is 2.03. The summed E-state index contributed by atoms with van der Waals surface area (Å²) in [5, 5.41) is 0.614. The van der Waals surface area contributed by atoms with Crippen LogP contribution in [0, 0.1) is 0 Å². The Morgan fingerprint density at radius 3 is 2.82 bits per heavy atom. The molecule has 0 aliphatic carbocycles. The van der Waals surface area contributed by atoms with E-state index in [1.807, 2.05) is 30.3 Å². The highest BCUT2D eigenvalue weighted by molar-refractivity contribution is 9.10. The molecule has 0 saturated heterocycles. The Bertz CT molecular complexity index is 698. The summed E-state index contributed by atoms with van der Waals surface area (Å²) < 4.78 is 11.3. The largest absolute Gasteiger partial charge is 0.496 e. The van der Waals surface area contributed by atoms with Crippen molar-refractivity contribution >= 4 is 39.6 Å². The van der Waals surface area contributed by atoms with Gasteiger partial charge in [0.1, 0.15) is 12.4 Å². The molecule has 0 N–H and O–H groups in total. The van der Waals surface area contributed by atoms with Crippen molar-refractivity contribution in [2.45, 2.75) is 6.61 Å². The third kappa shape index (κ3) is 4.90. The number of rotatable bonds is 5. The summed E-state index contributed by atoms with van der Waals surface area (Å²) in [6.45, 7) is 0.180. The van der Waals surface area contributed by atoms with Crippen molar-refractivity contribution in [1.82, 2.24) is 0 Å². The van der Waals surface area contributed by atoms with E-state index in [1.165, 1.54) is 6.08 Å². The fourth-order valence-electron chi connectivity index (χ4n) is 1.82. The molecule has 0 heterocycles. The van der Waals surface area contributed by atoms with Gasteiger partial charge in [-0.2, -0.15) is 0 Å². The predicted molar refractivity (Wildman–Crippen MR) is 91.0 cm³/mol. The summed E-state index contributed by atoms with van der Waals surface area (Å²) in [7, 11) is 1.58. The number of hydrogen-bond acceptors (Lipinski definition) is 3. The Labute approximate surface area is 142 Å². The third-order valence-corrected chi connectivity index (χ3v) is 3.59.